The standard InChI is InChI=1S/C24H19Br2N3O4/c1-2-27-9-17(15-7-13(25)3-5-19(15)27)21-22(24(33)29(12-31)23(21)32)18-10-28(11-30)20-6-4-14(26)8-16(18)20/h3-10,30-31H,2,11-12H2,1H3. The van der Waals surface area contributed by atoms with E-state index >= 15 is 0 Å². The van der Waals surface area contributed by atoms with Crippen molar-refractivity contribution in [3.63, 3.8) is 0 Å². The molecule has 0 aliphatic carbocycles. The van der Waals surface area contributed by atoms with E-state index in [0.717, 1.165) is 30.3 Å². The minimum Gasteiger partial charge on any atom is -0.376 e. The molecular formula is C24H19Br2N3O4. The number of nitrogens with zero attached hydrogens (tertiary/aromatic N) is 3. The molecule has 0 bridgehead atoms. The summed E-state index contributed by atoms with van der Waals surface area (Å²) >= 11 is 6.98. The predicted molar refractivity (Wildman–Crippen MR) is 133 cm³/mol. The Morgan fingerprint density at radius 1 is 0.758 bits per heavy atom. The van der Waals surface area contributed by atoms with Crippen LogP contribution in [0.3, 0.4) is 0 Å². The first-order chi connectivity index (χ1) is 15.9. The van der Waals surface area contributed by atoms with Crippen LogP contribution in [0.25, 0.3) is 33.0 Å². The van der Waals surface area contributed by atoms with Crippen LogP contribution in [-0.2, 0) is 22.9 Å². The smallest absolute Gasteiger partial charge is 0.264 e. The molecule has 2 aromatic carbocycles. The van der Waals surface area contributed by atoms with Gasteiger partial charge in [0.15, 0.2) is 0 Å². The van der Waals surface area contributed by atoms with Gasteiger partial charge in [0.05, 0.1) is 16.7 Å². The fourth-order valence-corrected chi connectivity index (χ4v) is 5.24. The number of aliphatic hydroxyl groups excluding tert-OH is 2. The van der Waals surface area contributed by atoms with Crippen LogP contribution in [0.5, 0.6) is 0 Å². The summed E-state index contributed by atoms with van der Waals surface area (Å²) in [6.45, 7) is 1.69. The molecule has 0 unspecified atom stereocenters. The minimum absolute atomic E-state index is 0.208. The topological polar surface area (TPSA) is 87.7 Å². The zero-order chi connectivity index (χ0) is 23.4. The van der Waals surface area contributed by atoms with E-state index in [1.165, 1.54) is 0 Å². The van der Waals surface area contributed by atoms with Crippen molar-refractivity contribution in [3.8, 4) is 0 Å². The molecule has 0 saturated carbocycles. The van der Waals surface area contributed by atoms with E-state index < -0.39 is 18.5 Å². The number of amides is 2. The van der Waals surface area contributed by atoms with E-state index in [1.807, 2.05) is 54.1 Å². The van der Waals surface area contributed by atoms with Crippen molar-refractivity contribution in [1.29, 1.82) is 0 Å². The second-order valence-electron chi connectivity index (χ2n) is 7.74. The number of hydrogen-bond acceptors (Lipinski definition) is 4. The van der Waals surface area contributed by atoms with Crippen LogP contribution in [-0.4, -0.2) is 42.8 Å². The first-order valence-corrected chi connectivity index (χ1v) is 11.9. The fraction of sp³-hybridized carbons (Fsp3) is 0.167. The summed E-state index contributed by atoms with van der Waals surface area (Å²) in [5, 5.41) is 21.3. The predicted octanol–water partition coefficient (Wildman–Crippen LogP) is 4.32. The van der Waals surface area contributed by atoms with Gasteiger partial charge in [-0.1, -0.05) is 31.9 Å². The Morgan fingerprint density at radius 2 is 1.24 bits per heavy atom. The number of hydrogen-bond donors (Lipinski definition) is 2. The van der Waals surface area contributed by atoms with Gasteiger partial charge in [0.2, 0.25) is 0 Å². The number of aryl methyl sites for hydroxylation is 1. The lowest BCUT2D eigenvalue weighted by molar-refractivity contribution is -0.139. The van der Waals surface area contributed by atoms with Crippen molar-refractivity contribution in [3.05, 3.63) is 68.9 Å². The Hall–Kier alpha value is -2.72. The van der Waals surface area contributed by atoms with Crippen LogP contribution in [0.1, 0.15) is 18.1 Å². The van der Waals surface area contributed by atoms with Gasteiger partial charge in [-0.25, -0.2) is 0 Å². The van der Waals surface area contributed by atoms with E-state index in [4.69, 9.17) is 0 Å². The molecule has 4 aromatic rings. The Labute approximate surface area is 205 Å². The summed E-state index contributed by atoms with van der Waals surface area (Å²) < 4.78 is 5.29. The van der Waals surface area contributed by atoms with Crippen molar-refractivity contribution in [2.45, 2.75) is 20.2 Å². The highest BCUT2D eigenvalue weighted by Crippen LogP contribution is 2.42. The number of aromatic nitrogens is 2. The van der Waals surface area contributed by atoms with Crippen LogP contribution < -0.4 is 0 Å². The molecule has 7 nitrogen and oxygen atoms in total. The van der Waals surface area contributed by atoms with Gasteiger partial charge in [-0.05, 0) is 43.3 Å². The van der Waals surface area contributed by atoms with Crippen LogP contribution in [0, 0.1) is 0 Å². The molecule has 0 atom stereocenters. The van der Waals surface area contributed by atoms with Gasteiger partial charge in [0, 0.05) is 55.3 Å². The molecule has 5 rings (SSSR count). The minimum atomic E-state index is -0.719. The summed E-state index contributed by atoms with van der Waals surface area (Å²) in [4.78, 5) is 27.7. The summed E-state index contributed by atoms with van der Waals surface area (Å²) in [6.07, 6.45) is 3.55. The monoisotopic (exact) mass is 571 g/mol. The number of rotatable bonds is 5. The van der Waals surface area contributed by atoms with Crippen molar-refractivity contribution in [1.82, 2.24) is 14.0 Å². The highest BCUT2D eigenvalue weighted by molar-refractivity contribution is 9.10. The molecule has 1 aliphatic heterocycles. The SMILES string of the molecule is CCn1cc(C2=C(c3cn(CO)c4ccc(Br)cc34)C(=O)N(CO)C2=O)c2cc(Br)ccc21. The Kier molecular flexibility index (Phi) is 5.52. The number of carbonyl (C=O) groups excluding carboxylic acids is 2. The van der Waals surface area contributed by atoms with Gasteiger partial charge in [-0.2, -0.15) is 0 Å². The second kappa shape index (κ2) is 8.25. The van der Waals surface area contributed by atoms with Crippen LogP contribution in [0.2, 0.25) is 0 Å². The van der Waals surface area contributed by atoms with E-state index in [2.05, 4.69) is 31.9 Å². The van der Waals surface area contributed by atoms with E-state index in [1.54, 1.807) is 10.8 Å². The highest BCUT2D eigenvalue weighted by Gasteiger charge is 2.41. The number of benzene rings is 2. The summed E-state index contributed by atoms with van der Waals surface area (Å²) in [5.41, 5.74) is 3.25. The van der Waals surface area contributed by atoms with Gasteiger partial charge in [-0.15, -0.1) is 0 Å². The summed E-state index contributed by atoms with van der Waals surface area (Å²) in [5.74, 6) is -1.12. The largest absolute Gasteiger partial charge is 0.376 e. The number of fused-ring (bicyclic) bond motifs is 2. The van der Waals surface area contributed by atoms with Crippen molar-refractivity contribution in [2.24, 2.45) is 0 Å². The van der Waals surface area contributed by atoms with Gasteiger partial charge in [0.25, 0.3) is 11.8 Å². The third-order valence-corrected chi connectivity index (χ3v) is 7.01. The molecule has 9 heteroatoms. The highest BCUT2D eigenvalue weighted by atomic mass is 79.9. The maximum atomic E-state index is 13.4. The van der Waals surface area contributed by atoms with E-state index in [0.29, 0.717) is 23.1 Å². The third kappa shape index (κ3) is 3.30. The lowest BCUT2D eigenvalue weighted by Crippen LogP contribution is -2.32. The molecule has 3 heterocycles. The molecule has 0 saturated heterocycles. The first kappa shape index (κ1) is 22.1. The van der Waals surface area contributed by atoms with Crippen LogP contribution >= 0.6 is 31.9 Å². The molecule has 168 valence electrons. The lowest BCUT2D eigenvalue weighted by Gasteiger charge is -2.10. The maximum Gasteiger partial charge on any atom is 0.264 e. The quantitative estimate of drug-likeness (QED) is 0.349. The number of halogens is 2. The van der Waals surface area contributed by atoms with Crippen LogP contribution in [0.15, 0.2) is 57.7 Å². The zero-order valence-electron chi connectivity index (χ0n) is 17.5. The van der Waals surface area contributed by atoms with Gasteiger partial charge >= 0.3 is 0 Å². The Balaban J connectivity index is 1.90. The van der Waals surface area contributed by atoms with Gasteiger partial charge < -0.3 is 19.3 Å². The summed E-state index contributed by atoms with van der Waals surface area (Å²) in [6, 6.07) is 11.4. The third-order valence-electron chi connectivity index (χ3n) is 6.03. The van der Waals surface area contributed by atoms with Crippen LogP contribution in [0.4, 0.5) is 0 Å². The van der Waals surface area contributed by atoms with Crippen molar-refractivity contribution < 1.29 is 19.8 Å². The fourth-order valence-electron chi connectivity index (χ4n) is 4.52. The zero-order valence-corrected chi connectivity index (χ0v) is 20.7. The van der Waals surface area contributed by atoms with Gasteiger partial charge in [-0.3, -0.25) is 14.5 Å². The summed E-state index contributed by atoms with van der Waals surface area (Å²) in [7, 11) is 0. The van der Waals surface area contributed by atoms with Gasteiger partial charge in [0.1, 0.15) is 13.5 Å². The second-order valence-corrected chi connectivity index (χ2v) is 9.57. The number of aliphatic hydroxyl groups is 2. The molecule has 0 spiro atoms. The molecule has 33 heavy (non-hydrogen) atoms. The van der Waals surface area contributed by atoms with E-state index in [-0.39, 0.29) is 17.9 Å². The van der Waals surface area contributed by atoms with E-state index in [9.17, 15) is 19.8 Å². The lowest BCUT2D eigenvalue weighted by atomic mass is 9.95. The molecule has 2 amide bonds. The normalized spacial score (nSPS) is 14.5. The molecule has 1 aliphatic rings. The Morgan fingerprint density at radius 3 is 1.70 bits per heavy atom. The van der Waals surface area contributed by atoms with Crippen molar-refractivity contribution in [2.75, 3.05) is 6.73 Å². The molecule has 0 fully saturated rings. The average Bonchev–Trinajstić information content (AvgIpc) is 3.41. The maximum absolute atomic E-state index is 13.4. The Bertz CT molecular complexity index is 1390. The average molecular weight is 573 g/mol. The molecule has 2 aromatic heterocycles. The first-order valence-electron chi connectivity index (χ1n) is 10.3. The number of imide groups is 1. The molecule has 2 N–H and O–H groups in total. The molecule has 0 radical (unpaired) electrons. The molecular weight excluding hydrogens is 554 g/mol. The van der Waals surface area contributed by atoms with Crippen molar-refractivity contribution >= 4 is 76.6 Å². The number of carbonyl (C=O) groups is 2.